The van der Waals surface area contributed by atoms with Gasteiger partial charge in [-0.3, -0.25) is 14.4 Å². The van der Waals surface area contributed by atoms with E-state index in [4.69, 9.17) is 14.2 Å². The standard InChI is InChI=1S/C33H34FN3O6/c1-41-28-10-5-22-19-29(28)42-17-3-13-35-33(40)26-20-24(7-9-27(26)34)43-23-6-8-25-21(18-23)11-16-37(32(22)25)31(39)12-15-36-14-2-4-30(36)38/h5-10,18-20,32H,2-4,11-17H2,1H3,(H,35,40). The molecule has 7 rings (SSSR count). The summed E-state index contributed by atoms with van der Waals surface area (Å²) in [7, 11) is 1.57. The highest BCUT2D eigenvalue weighted by Gasteiger charge is 2.33. The highest BCUT2D eigenvalue weighted by Crippen LogP contribution is 2.41. The summed E-state index contributed by atoms with van der Waals surface area (Å²) in [6, 6.07) is 15.1. The second-order valence-electron chi connectivity index (χ2n) is 10.9. The minimum absolute atomic E-state index is 0.0225. The third kappa shape index (κ3) is 6.00. The fourth-order valence-corrected chi connectivity index (χ4v) is 6.02. The Bertz CT molecular complexity index is 1560. The van der Waals surface area contributed by atoms with E-state index in [1.165, 1.54) is 18.2 Å². The molecule has 43 heavy (non-hydrogen) atoms. The molecule has 0 radical (unpaired) electrons. The van der Waals surface area contributed by atoms with Gasteiger partial charge in [0.2, 0.25) is 11.8 Å². The fourth-order valence-electron chi connectivity index (χ4n) is 6.02. The van der Waals surface area contributed by atoms with Crippen molar-refractivity contribution in [1.29, 1.82) is 0 Å². The first-order chi connectivity index (χ1) is 20.9. The van der Waals surface area contributed by atoms with Crippen LogP contribution in [0.15, 0.2) is 54.6 Å². The largest absolute Gasteiger partial charge is 0.493 e. The Morgan fingerprint density at radius 2 is 1.86 bits per heavy atom. The summed E-state index contributed by atoms with van der Waals surface area (Å²) in [5, 5.41) is 2.74. The van der Waals surface area contributed by atoms with E-state index < -0.39 is 11.7 Å². The number of hydrogen-bond donors (Lipinski definition) is 1. The van der Waals surface area contributed by atoms with E-state index in [2.05, 4.69) is 5.32 Å². The summed E-state index contributed by atoms with van der Waals surface area (Å²) in [6.45, 7) is 2.15. The van der Waals surface area contributed by atoms with Gasteiger partial charge in [-0.25, -0.2) is 4.39 Å². The van der Waals surface area contributed by atoms with Gasteiger partial charge in [-0.05, 0) is 78.4 Å². The average Bonchev–Trinajstić information content (AvgIpc) is 3.43. The molecule has 4 aliphatic rings. The lowest BCUT2D eigenvalue weighted by molar-refractivity contribution is -0.134. The smallest absolute Gasteiger partial charge is 0.254 e. The molecule has 224 valence electrons. The van der Waals surface area contributed by atoms with Gasteiger partial charge in [0.1, 0.15) is 17.3 Å². The average molecular weight is 588 g/mol. The number of benzene rings is 3. The molecule has 3 aromatic carbocycles. The van der Waals surface area contributed by atoms with Crippen molar-refractivity contribution in [3.8, 4) is 23.0 Å². The molecule has 10 heteroatoms. The number of carbonyl (C=O) groups is 3. The number of amides is 3. The molecular formula is C33H34FN3O6. The van der Waals surface area contributed by atoms with Crippen molar-refractivity contribution in [3.05, 3.63) is 82.7 Å². The van der Waals surface area contributed by atoms with Gasteiger partial charge >= 0.3 is 0 Å². The van der Waals surface area contributed by atoms with E-state index in [-0.39, 0.29) is 43.0 Å². The van der Waals surface area contributed by atoms with Gasteiger partial charge in [-0.2, -0.15) is 0 Å². The normalized spacial score (nSPS) is 18.3. The summed E-state index contributed by atoms with van der Waals surface area (Å²) in [5.41, 5.74) is 2.74. The van der Waals surface area contributed by atoms with Crippen LogP contribution in [0.1, 0.15) is 58.8 Å². The number of rotatable bonds is 4. The molecule has 4 heterocycles. The van der Waals surface area contributed by atoms with Crippen LogP contribution in [0.25, 0.3) is 0 Å². The third-order valence-electron chi connectivity index (χ3n) is 8.22. The lowest BCUT2D eigenvalue weighted by Gasteiger charge is -2.38. The SMILES string of the molecule is COc1ccc2cc1OCCCNC(=O)c1cc(ccc1F)Oc1ccc3c(c1)CCN(C(=O)CCN1CCCC1=O)C23. The fraction of sp³-hybridized carbons (Fsp3) is 0.364. The van der Waals surface area contributed by atoms with Gasteiger partial charge in [0, 0.05) is 39.0 Å². The van der Waals surface area contributed by atoms with Crippen molar-refractivity contribution in [2.75, 3.05) is 39.9 Å². The Balaban J connectivity index is 1.38. The number of fused-ring (bicyclic) bond motifs is 6. The summed E-state index contributed by atoms with van der Waals surface area (Å²) in [6.07, 6.45) is 2.70. The number of halogens is 1. The van der Waals surface area contributed by atoms with Gasteiger partial charge in [0.05, 0.1) is 25.3 Å². The first-order valence-electron chi connectivity index (χ1n) is 14.7. The van der Waals surface area contributed by atoms with Crippen molar-refractivity contribution in [2.45, 2.75) is 38.1 Å². The van der Waals surface area contributed by atoms with Gasteiger partial charge in [0.25, 0.3) is 5.91 Å². The maximum absolute atomic E-state index is 14.5. The molecule has 3 amide bonds. The predicted octanol–water partition coefficient (Wildman–Crippen LogP) is 4.63. The van der Waals surface area contributed by atoms with Gasteiger partial charge in [-0.1, -0.05) is 12.1 Å². The Labute approximate surface area is 249 Å². The number of methoxy groups -OCH3 is 1. The molecule has 0 saturated carbocycles. The van der Waals surface area contributed by atoms with Crippen LogP contribution in [-0.2, 0) is 16.0 Å². The van der Waals surface area contributed by atoms with E-state index in [0.717, 1.165) is 23.1 Å². The number of carbonyl (C=O) groups excluding carboxylic acids is 3. The van der Waals surface area contributed by atoms with Gasteiger partial charge in [-0.15, -0.1) is 0 Å². The molecule has 4 aliphatic heterocycles. The van der Waals surface area contributed by atoms with E-state index >= 15 is 0 Å². The molecule has 0 aromatic heterocycles. The predicted molar refractivity (Wildman–Crippen MR) is 156 cm³/mol. The highest BCUT2D eigenvalue weighted by molar-refractivity contribution is 5.94. The number of hydrogen-bond acceptors (Lipinski definition) is 6. The summed E-state index contributed by atoms with van der Waals surface area (Å²) < 4.78 is 32.2. The van der Waals surface area contributed by atoms with Crippen LogP contribution in [0.2, 0.25) is 0 Å². The number of nitrogens with zero attached hydrogens (tertiary/aromatic N) is 2. The van der Waals surface area contributed by atoms with E-state index in [1.807, 2.05) is 41.3 Å². The first-order valence-corrected chi connectivity index (χ1v) is 14.7. The summed E-state index contributed by atoms with van der Waals surface area (Å²) in [4.78, 5) is 42.2. The Hall–Kier alpha value is -4.60. The molecule has 9 nitrogen and oxygen atoms in total. The zero-order chi connectivity index (χ0) is 29.9. The van der Waals surface area contributed by atoms with E-state index in [0.29, 0.717) is 61.9 Å². The molecule has 0 spiro atoms. The van der Waals surface area contributed by atoms with Crippen LogP contribution in [0, 0.1) is 5.82 Å². The lowest BCUT2D eigenvalue weighted by Crippen LogP contribution is -2.42. The maximum Gasteiger partial charge on any atom is 0.254 e. The van der Waals surface area contributed by atoms with Crippen LogP contribution < -0.4 is 19.5 Å². The van der Waals surface area contributed by atoms with E-state index in [9.17, 15) is 18.8 Å². The van der Waals surface area contributed by atoms with Gasteiger partial charge < -0.3 is 29.3 Å². The van der Waals surface area contributed by atoms with Crippen LogP contribution in [0.5, 0.6) is 23.0 Å². The second kappa shape index (κ2) is 12.3. The quantitative estimate of drug-likeness (QED) is 0.479. The molecule has 1 saturated heterocycles. The Morgan fingerprint density at radius 3 is 2.67 bits per heavy atom. The van der Waals surface area contributed by atoms with Gasteiger partial charge in [0.15, 0.2) is 11.5 Å². The molecule has 0 aliphatic carbocycles. The zero-order valence-electron chi connectivity index (χ0n) is 24.1. The third-order valence-corrected chi connectivity index (χ3v) is 8.22. The Kier molecular flexibility index (Phi) is 8.18. The lowest BCUT2D eigenvalue weighted by atomic mass is 9.87. The molecule has 1 fully saturated rings. The zero-order valence-corrected chi connectivity index (χ0v) is 24.1. The number of nitrogens with one attached hydrogen (secondary N) is 1. The van der Waals surface area contributed by atoms with Crippen molar-refractivity contribution < 1.29 is 33.0 Å². The molecule has 1 unspecified atom stereocenters. The minimum atomic E-state index is -0.635. The van der Waals surface area contributed by atoms with E-state index in [1.54, 1.807) is 12.0 Å². The van der Waals surface area contributed by atoms with Crippen molar-refractivity contribution >= 4 is 17.7 Å². The molecule has 1 atom stereocenters. The van der Waals surface area contributed by atoms with Crippen LogP contribution in [0.3, 0.4) is 0 Å². The highest BCUT2D eigenvalue weighted by atomic mass is 19.1. The molecular weight excluding hydrogens is 553 g/mol. The molecule has 1 N–H and O–H groups in total. The monoisotopic (exact) mass is 587 g/mol. The van der Waals surface area contributed by atoms with Crippen molar-refractivity contribution in [2.24, 2.45) is 0 Å². The molecule has 8 bridgehead atoms. The summed E-state index contributed by atoms with van der Waals surface area (Å²) >= 11 is 0. The first kappa shape index (κ1) is 28.5. The maximum atomic E-state index is 14.5. The van der Waals surface area contributed by atoms with Crippen molar-refractivity contribution in [1.82, 2.24) is 15.1 Å². The number of likely N-dealkylation sites (tertiary alicyclic amines) is 1. The Morgan fingerprint density at radius 1 is 1.02 bits per heavy atom. The number of ether oxygens (including phenoxy) is 3. The summed E-state index contributed by atoms with van der Waals surface area (Å²) in [5.74, 6) is 0.870. The second-order valence-corrected chi connectivity index (χ2v) is 10.9. The molecule has 3 aromatic rings. The van der Waals surface area contributed by atoms with Crippen molar-refractivity contribution in [3.63, 3.8) is 0 Å². The van der Waals surface area contributed by atoms with Crippen LogP contribution >= 0.6 is 0 Å². The van der Waals surface area contributed by atoms with Crippen LogP contribution in [-0.4, -0.2) is 67.4 Å². The van der Waals surface area contributed by atoms with Crippen LogP contribution in [0.4, 0.5) is 4.39 Å². The minimum Gasteiger partial charge on any atom is -0.493 e. The topological polar surface area (TPSA) is 97.4 Å².